The smallest absolute Gasteiger partial charge is 0.303 e. The molecule has 2 aromatic rings. The molecular weight excluding hydrogens is 338 g/mol. The summed E-state index contributed by atoms with van der Waals surface area (Å²) in [7, 11) is 0. The number of carbonyl (C=O) groups is 2. The maximum atomic E-state index is 11.9. The van der Waals surface area contributed by atoms with Gasteiger partial charge in [-0.2, -0.15) is 0 Å². The number of thioether (sulfide) groups is 1. The monoisotopic (exact) mass is 359 g/mol. The summed E-state index contributed by atoms with van der Waals surface area (Å²) < 4.78 is 5.47. The van der Waals surface area contributed by atoms with Crippen molar-refractivity contribution in [1.82, 2.24) is 5.32 Å². The SMILES string of the molecule is O=C(O)CCCOc1ccc(CNC(=O)CSc2ccccc2)cc1. The number of carboxylic acids is 1. The number of carboxylic acid groups (broad SMARTS) is 1. The standard InChI is InChI=1S/C19H21NO4S/c21-18(14-25-17-5-2-1-3-6-17)20-13-15-8-10-16(11-9-15)24-12-4-7-19(22)23/h1-3,5-6,8-11H,4,7,12-14H2,(H,20,21)(H,22,23). The highest BCUT2D eigenvalue weighted by molar-refractivity contribution is 8.00. The van der Waals surface area contributed by atoms with Crippen LogP contribution in [0.1, 0.15) is 18.4 Å². The molecule has 2 aromatic carbocycles. The molecule has 5 nitrogen and oxygen atoms in total. The fraction of sp³-hybridized carbons (Fsp3) is 0.263. The van der Waals surface area contributed by atoms with Gasteiger partial charge in [0.2, 0.25) is 5.91 Å². The molecule has 2 N–H and O–H groups in total. The van der Waals surface area contributed by atoms with Crippen molar-refractivity contribution in [3.63, 3.8) is 0 Å². The molecule has 6 heteroatoms. The van der Waals surface area contributed by atoms with E-state index in [4.69, 9.17) is 9.84 Å². The molecule has 0 atom stereocenters. The highest BCUT2D eigenvalue weighted by Gasteiger charge is 2.03. The molecule has 0 aromatic heterocycles. The van der Waals surface area contributed by atoms with Crippen LogP contribution in [0.2, 0.25) is 0 Å². The molecule has 0 radical (unpaired) electrons. The van der Waals surface area contributed by atoms with Crippen molar-refractivity contribution in [3.05, 3.63) is 60.2 Å². The lowest BCUT2D eigenvalue weighted by atomic mass is 10.2. The van der Waals surface area contributed by atoms with Crippen LogP contribution in [0.3, 0.4) is 0 Å². The van der Waals surface area contributed by atoms with Crippen molar-refractivity contribution in [3.8, 4) is 5.75 Å². The van der Waals surface area contributed by atoms with E-state index in [-0.39, 0.29) is 12.3 Å². The summed E-state index contributed by atoms with van der Waals surface area (Å²) in [4.78, 5) is 23.4. The average Bonchev–Trinajstić information content (AvgIpc) is 2.63. The molecule has 2 rings (SSSR count). The van der Waals surface area contributed by atoms with Gasteiger partial charge in [0.05, 0.1) is 12.4 Å². The number of amides is 1. The van der Waals surface area contributed by atoms with Gasteiger partial charge < -0.3 is 15.2 Å². The summed E-state index contributed by atoms with van der Waals surface area (Å²) in [6.45, 7) is 0.840. The maximum absolute atomic E-state index is 11.9. The van der Waals surface area contributed by atoms with E-state index in [0.29, 0.717) is 31.1 Å². The minimum atomic E-state index is -0.819. The summed E-state index contributed by atoms with van der Waals surface area (Å²) in [5.74, 6) is 0.248. The normalized spacial score (nSPS) is 10.2. The summed E-state index contributed by atoms with van der Waals surface area (Å²) in [6, 6.07) is 17.2. The highest BCUT2D eigenvalue weighted by Crippen LogP contribution is 2.16. The van der Waals surface area contributed by atoms with Gasteiger partial charge in [-0.05, 0) is 36.2 Å². The molecule has 1 amide bonds. The maximum Gasteiger partial charge on any atom is 0.303 e. The van der Waals surface area contributed by atoms with Crippen LogP contribution in [0.15, 0.2) is 59.5 Å². The molecule has 0 spiro atoms. The molecular formula is C19H21NO4S. The van der Waals surface area contributed by atoms with Crippen LogP contribution in [0, 0.1) is 0 Å². The fourth-order valence-corrected chi connectivity index (χ4v) is 2.78. The molecule has 0 heterocycles. The number of carbonyl (C=O) groups excluding carboxylic acids is 1. The number of hydrogen-bond donors (Lipinski definition) is 2. The third kappa shape index (κ3) is 7.76. The predicted octanol–water partition coefficient (Wildman–Crippen LogP) is 3.34. The molecule has 0 aliphatic heterocycles. The zero-order chi connectivity index (χ0) is 17.9. The molecule has 0 saturated carbocycles. The lowest BCUT2D eigenvalue weighted by Crippen LogP contribution is -2.24. The van der Waals surface area contributed by atoms with Crippen LogP contribution >= 0.6 is 11.8 Å². The van der Waals surface area contributed by atoms with Crippen molar-refractivity contribution in [2.75, 3.05) is 12.4 Å². The molecule has 0 unspecified atom stereocenters. The molecule has 25 heavy (non-hydrogen) atoms. The summed E-state index contributed by atoms with van der Waals surface area (Å²) in [6.07, 6.45) is 0.581. The number of rotatable bonds is 10. The number of ether oxygens (including phenoxy) is 1. The average molecular weight is 359 g/mol. The first-order valence-corrected chi connectivity index (χ1v) is 9.00. The van der Waals surface area contributed by atoms with Crippen LogP contribution in [0.25, 0.3) is 0 Å². The van der Waals surface area contributed by atoms with Gasteiger partial charge in [-0.1, -0.05) is 30.3 Å². The zero-order valence-electron chi connectivity index (χ0n) is 13.8. The Kier molecular flexibility index (Phi) is 7.85. The quantitative estimate of drug-likeness (QED) is 0.503. The highest BCUT2D eigenvalue weighted by atomic mass is 32.2. The Balaban J connectivity index is 1.66. The lowest BCUT2D eigenvalue weighted by Gasteiger charge is -2.08. The zero-order valence-corrected chi connectivity index (χ0v) is 14.6. The van der Waals surface area contributed by atoms with E-state index < -0.39 is 5.97 Å². The second-order valence-corrected chi connectivity index (χ2v) is 6.42. The van der Waals surface area contributed by atoms with Crippen molar-refractivity contribution in [2.24, 2.45) is 0 Å². The third-order valence-electron chi connectivity index (χ3n) is 3.33. The summed E-state index contributed by atoms with van der Waals surface area (Å²) in [5, 5.41) is 11.4. The van der Waals surface area contributed by atoms with E-state index in [0.717, 1.165) is 10.5 Å². The van der Waals surface area contributed by atoms with Crippen LogP contribution in [-0.4, -0.2) is 29.3 Å². The van der Waals surface area contributed by atoms with E-state index in [2.05, 4.69) is 5.32 Å². The van der Waals surface area contributed by atoms with Gasteiger partial charge >= 0.3 is 5.97 Å². The van der Waals surface area contributed by atoms with Gasteiger partial charge in [-0.3, -0.25) is 9.59 Å². The van der Waals surface area contributed by atoms with E-state index in [9.17, 15) is 9.59 Å². The van der Waals surface area contributed by atoms with Crippen molar-refractivity contribution in [1.29, 1.82) is 0 Å². The Hall–Kier alpha value is -2.47. The Morgan fingerprint density at radius 1 is 1.04 bits per heavy atom. The van der Waals surface area contributed by atoms with Gasteiger partial charge in [0.15, 0.2) is 0 Å². The van der Waals surface area contributed by atoms with Crippen molar-refractivity contribution in [2.45, 2.75) is 24.3 Å². The predicted molar refractivity (Wildman–Crippen MR) is 97.8 cm³/mol. The second-order valence-electron chi connectivity index (χ2n) is 5.37. The third-order valence-corrected chi connectivity index (χ3v) is 4.34. The van der Waals surface area contributed by atoms with Crippen molar-refractivity contribution >= 4 is 23.6 Å². The first kappa shape index (κ1) is 18.9. The second kappa shape index (κ2) is 10.4. The van der Waals surface area contributed by atoms with Gasteiger partial charge in [-0.25, -0.2) is 0 Å². The Bertz CT molecular complexity index is 674. The summed E-state index contributed by atoms with van der Waals surface area (Å²) >= 11 is 1.51. The van der Waals surface area contributed by atoms with Gasteiger partial charge in [0.25, 0.3) is 0 Å². The Labute approximate surface area is 151 Å². The minimum absolute atomic E-state index is 0.0112. The van der Waals surface area contributed by atoms with E-state index in [1.54, 1.807) is 0 Å². The number of hydrogen-bond acceptors (Lipinski definition) is 4. The van der Waals surface area contributed by atoms with E-state index in [1.807, 2.05) is 54.6 Å². The molecule has 0 aliphatic carbocycles. The summed E-state index contributed by atoms with van der Waals surface area (Å²) in [5.41, 5.74) is 0.982. The minimum Gasteiger partial charge on any atom is -0.494 e. The van der Waals surface area contributed by atoms with E-state index >= 15 is 0 Å². The van der Waals surface area contributed by atoms with E-state index in [1.165, 1.54) is 11.8 Å². The number of nitrogens with one attached hydrogen (secondary N) is 1. The first-order valence-electron chi connectivity index (χ1n) is 8.01. The molecule has 0 aliphatic rings. The molecule has 0 fully saturated rings. The topological polar surface area (TPSA) is 75.6 Å². The van der Waals surface area contributed by atoms with Gasteiger partial charge in [0, 0.05) is 17.9 Å². The fourth-order valence-electron chi connectivity index (χ4n) is 2.03. The Morgan fingerprint density at radius 3 is 2.44 bits per heavy atom. The largest absolute Gasteiger partial charge is 0.494 e. The molecule has 0 saturated heterocycles. The van der Waals surface area contributed by atoms with Crippen molar-refractivity contribution < 1.29 is 19.4 Å². The number of aliphatic carboxylic acids is 1. The number of benzene rings is 2. The van der Waals surface area contributed by atoms with Crippen LogP contribution < -0.4 is 10.1 Å². The molecule has 0 bridgehead atoms. The first-order chi connectivity index (χ1) is 12.1. The Morgan fingerprint density at radius 2 is 1.76 bits per heavy atom. The van der Waals surface area contributed by atoms with Gasteiger partial charge in [0.1, 0.15) is 5.75 Å². The molecule has 132 valence electrons. The lowest BCUT2D eigenvalue weighted by molar-refractivity contribution is -0.137. The van der Waals surface area contributed by atoms with Crippen LogP contribution in [-0.2, 0) is 16.1 Å². The van der Waals surface area contributed by atoms with Crippen LogP contribution in [0.4, 0.5) is 0 Å². The van der Waals surface area contributed by atoms with Crippen LogP contribution in [0.5, 0.6) is 5.75 Å². The van der Waals surface area contributed by atoms with Gasteiger partial charge in [-0.15, -0.1) is 11.8 Å².